The first kappa shape index (κ1) is 21.1. The second-order valence-corrected chi connectivity index (χ2v) is 5.41. The van der Waals surface area contributed by atoms with Crippen LogP contribution in [-0.2, 0) is 11.3 Å². The predicted octanol–water partition coefficient (Wildman–Crippen LogP) is 2.12. The quantitative estimate of drug-likeness (QED) is 0.732. The fourth-order valence-corrected chi connectivity index (χ4v) is 1.84. The molecular formula is C16H23ClN2O4. The van der Waals surface area contributed by atoms with Gasteiger partial charge in [0.15, 0.2) is 0 Å². The number of hydrogen-bond acceptors (Lipinski definition) is 5. The fraction of sp³-hybridized carbons (Fsp3) is 0.375. The van der Waals surface area contributed by atoms with Gasteiger partial charge in [0.05, 0.1) is 0 Å². The Bertz CT molecular complexity index is 685. The maximum atomic E-state index is 10.9. The summed E-state index contributed by atoms with van der Waals surface area (Å²) >= 11 is 0. The lowest BCUT2D eigenvalue weighted by molar-refractivity contribution is -0.138. The highest BCUT2D eigenvalue weighted by atomic mass is 35.5. The summed E-state index contributed by atoms with van der Waals surface area (Å²) in [6, 6.07) is 8.05. The van der Waals surface area contributed by atoms with E-state index in [1.165, 1.54) is 6.07 Å². The van der Waals surface area contributed by atoms with Gasteiger partial charge >= 0.3 is 11.6 Å². The van der Waals surface area contributed by atoms with Crippen LogP contribution in [0, 0.1) is 5.92 Å². The van der Waals surface area contributed by atoms with Crippen molar-refractivity contribution in [3.05, 3.63) is 46.3 Å². The average molecular weight is 343 g/mol. The van der Waals surface area contributed by atoms with E-state index in [0.29, 0.717) is 24.5 Å². The molecule has 23 heavy (non-hydrogen) atoms. The van der Waals surface area contributed by atoms with Crippen molar-refractivity contribution in [3.63, 3.8) is 0 Å². The molecule has 0 aliphatic heterocycles. The lowest BCUT2D eigenvalue weighted by Crippen LogP contribution is -2.31. The maximum Gasteiger partial charge on any atom is 0.336 e. The molecule has 0 spiro atoms. The summed E-state index contributed by atoms with van der Waals surface area (Å²) in [7, 11) is 0. The van der Waals surface area contributed by atoms with Crippen molar-refractivity contribution in [3.8, 4) is 0 Å². The number of aliphatic carboxylic acids is 1. The van der Waals surface area contributed by atoms with Gasteiger partial charge in [-0.25, -0.2) is 4.79 Å². The number of benzene rings is 1. The van der Waals surface area contributed by atoms with E-state index in [1.54, 1.807) is 12.1 Å². The third kappa shape index (κ3) is 7.27. The van der Waals surface area contributed by atoms with Crippen molar-refractivity contribution in [1.29, 1.82) is 0 Å². The van der Waals surface area contributed by atoms with Crippen LogP contribution in [0.5, 0.6) is 0 Å². The highest BCUT2D eigenvalue weighted by molar-refractivity contribution is 5.85. The minimum atomic E-state index is -0.913. The zero-order valence-corrected chi connectivity index (χ0v) is 14.0. The summed E-state index contributed by atoms with van der Waals surface area (Å²) in [5.41, 5.74) is 11.9. The number of hydrogen-bond donors (Lipinski definition) is 3. The molecule has 0 fully saturated rings. The molecule has 0 aliphatic rings. The largest absolute Gasteiger partial charge is 0.480 e. The summed E-state index contributed by atoms with van der Waals surface area (Å²) in [6.45, 7) is 4.35. The van der Waals surface area contributed by atoms with Crippen LogP contribution < -0.4 is 17.1 Å². The molecule has 1 heterocycles. The van der Waals surface area contributed by atoms with Crippen LogP contribution in [0.15, 0.2) is 39.5 Å². The number of nitrogens with two attached hydrogens (primary N) is 2. The van der Waals surface area contributed by atoms with Crippen LogP contribution >= 0.6 is 12.4 Å². The van der Waals surface area contributed by atoms with Crippen LogP contribution in [0.2, 0.25) is 0 Å². The Morgan fingerprint density at radius 1 is 1.26 bits per heavy atom. The molecule has 0 aliphatic carbocycles. The van der Waals surface area contributed by atoms with Gasteiger partial charge < -0.3 is 21.0 Å². The third-order valence-corrected chi connectivity index (χ3v) is 2.97. The van der Waals surface area contributed by atoms with Gasteiger partial charge in [0, 0.05) is 18.0 Å². The Morgan fingerprint density at radius 3 is 2.35 bits per heavy atom. The zero-order chi connectivity index (χ0) is 16.7. The highest BCUT2D eigenvalue weighted by Crippen LogP contribution is 2.13. The van der Waals surface area contributed by atoms with E-state index in [0.717, 1.165) is 10.9 Å². The van der Waals surface area contributed by atoms with Gasteiger partial charge in [0.2, 0.25) is 0 Å². The van der Waals surface area contributed by atoms with Crippen molar-refractivity contribution in [2.75, 3.05) is 0 Å². The van der Waals surface area contributed by atoms with Crippen molar-refractivity contribution in [2.24, 2.45) is 17.4 Å². The molecule has 1 atom stereocenters. The van der Waals surface area contributed by atoms with Crippen molar-refractivity contribution < 1.29 is 14.3 Å². The summed E-state index contributed by atoms with van der Waals surface area (Å²) in [5, 5.41) is 9.22. The number of fused-ring (bicyclic) bond motifs is 1. The average Bonchev–Trinajstić information content (AvgIpc) is 2.46. The molecule has 0 amide bonds. The van der Waals surface area contributed by atoms with Crippen molar-refractivity contribution in [1.82, 2.24) is 0 Å². The van der Waals surface area contributed by atoms with Crippen LogP contribution in [0.1, 0.15) is 25.8 Å². The normalized spacial score (nSPS) is 11.3. The van der Waals surface area contributed by atoms with E-state index in [1.807, 2.05) is 26.0 Å². The van der Waals surface area contributed by atoms with Gasteiger partial charge in [0.1, 0.15) is 11.6 Å². The van der Waals surface area contributed by atoms with Gasteiger partial charge in [-0.1, -0.05) is 26.0 Å². The Morgan fingerprint density at radius 2 is 1.87 bits per heavy atom. The Kier molecular flexibility index (Phi) is 9.17. The lowest BCUT2D eigenvalue weighted by Gasteiger charge is -2.07. The molecule has 2 rings (SSSR count). The maximum absolute atomic E-state index is 10.9. The Labute approximate surface area is 140 Å². The Hall–Kier alpha value is -1.89. The number of carboxylic acid groups (broad SMARTS) is 1. The SMILES string of the molecule is CC(C)C[C@H](N)C(=O)O.Cl.NCc1ccc2ccc(=O)oc2c1. The zero-order valence-electron chi connectivity index (χ0n) is 13.2. The highest BCUT2D eigenvalue weighted by Gasteiger charge is 2.11. The van der Waals surface area contributed by atoms with Crippen LogP contribution in [0.25, 0.3) is 11.0 Å². The monoisotopic (exact) mass is 342 g/mol. The first-order valence-electron chi connectivity index (χ1n) is 7.04. The molecule has 128 valence electrons. The van der Waals surface area contributed by atoms with Crippen LogP contribution in [-0.4, -0.2) is 17.1 Å². The molecule has 2 aromatic rings. The third-order valence-electron chi connectivity index (χ3n) is 2.97. The molecule has 0 saturated heterocycles. The molecule has 6 nitrogen and oxygen atoms in total. The van der Waals surface area contributed by atoms with E-state index in [4.69, 9.17) is 21.0 Å². The molecule has 0 bridgehead atoms. The second kappa shape index (κ2) is 9.99. The van der Waals surface area contributed by atoms with Gasteiger partial charge in [0.25, 0.3) is 0 Å². The van der Waals surface area contributed by atoms with E-state index >= 15 is 0 Å². The minimum Gasteiger partial charge on any atom is -0.480 e. The molecule has 0 radical (unpaired) electrons. The van der Waals surface area contributed by atoms with E-state index < -0.39 is 12.0 Å². The molecule has 5 N–H and O–H groups in total. The van der Waals surface area contributed by atoms with E-state index in [-0.39, 0.29) is 18.0 Å². The first-order chi connectivity index (χ1) is 10.3. The number of halogens is 1. The van der Waals surface area contributed by atoms with Gasteiger partial charge in [-0.2, -0.15) is 0 Å². The van der Waals surface area contributed by atoms with Gasteiger partial charge in [-0.15, -0.1) is 12.4 Å². The molecule has 1 aromatic carbocycles. The number of rotatable bonds is 4. The molecule has 0 unspecified atom stereocenters. The second-order valence-electron chi connectivity index (χ2n) is 5.41. The minimum absolute atomic E-state index is 0. The molecular weight excluding hydrogens is 320 g/mol. The number of carboxylic acids is 1. The van der Waals surface area contributed by atoms with Gasteiger partial charge in [-0.3, -0.25) is 4.79 Å². The molecule has 1 aromatic heterocycles. The standard InChI is InChI=1S/C10H9NO2.C6H13NO2.ClH/c11-6-7-1-2-8-3-4-10(12)13-9(8)5-7;1-4(2)3-5(7)6(8)9;/h1-5H,6,11H2;4-5H,3,7H2,1-2H3,(H,8,9);1H/t;5-;/m.0./s1. The summed E-state index contributed by atoms with van der Waals surface area (Å²) in [5.74, 6) is -0.556. The first-order valence-corrected chi connectivity index (χ1v) is 7.04. The van der Waals surface area contributed by atoms with Crippen LogP contribution in [0.4, 0.5) is 0 Å². The molecule has 0 saturated carbocycles. The Balaban J connectivity index is 0.000000434. The number of carbonyl (C=O) groups is 1. The lowest BCUT2D eigenvalue weighted by atomic mass is 10.1. The van der Waals surface area contributed by atoms with Crippen molar-refractivity contribution in [2.45, 2.75) is 32.9 Å². The smallest absolute Gasteiger partial charge is 0.336 e. The van der Waals surface area contributed by atoms with E-state index in [2.05, 4.69) is 0 Å². The van der Waals surface area contributed by atoms with E-state index in [9.17, 15) is 9.59 Å². The fourth-order valence-electron chi connectivity index (χ4n) is 1.84. The topological polar surface area (TPSA) is 120 Å². The summed E-state index contributed by atoms with van der Waals surface area (Å²) < 4.78 is 4.99. The van der Waals surface area contributed by atoms with Crippen molar-refractivity contribution >= 4 is 29.3 Å². The predicted molar refractivity (Wildman–Crippen MR) is 92.7 cm³/mol. The summed E-state index contributed by atoms with van der Waals surface area (Å²) in [4.78, 5) is 21.0. The summed E-state index contributed by atoms with van der Waals surface area (Å²) in [6.07, 6.45) is 0.551. The molecule has 7 heteroatoms. The van der Waals surface area contributed by atoms with Gasteiger partial charge in [-0.05, 0) is 30.0 Å². The van der Waals surface area contributed by atoms with Crippen LogP contribution in [0.3, 0.4) is 0 Å².